The molecule has 0 aromatic carbocycles. The van der Waals surface area contributed by atoms with Crippen molar-refractivity contribution in [2.24, 2.45) is 5.73 Å². The Balaban J connectivity index is 2.00. The van der Waals surface area contributed by atoms with Crippen LogP contribution in [0, 0.1) is 0 Å². The molecule has 0 radical (unpaired) electrons. The van der Waals surface area contributed by atoms with E-state index in [2.05, 4.69) is 10.1 Å². The minimum Gasteiger partial charge on any atom is -0.339 e. The van der Waals surface area contributed by atoms with Gasteiger partial charge in [0.15, 0.2) is 5.82 Å². The Morgan fingerprint density at radius 1 is 1.44 bits per heavy atom. The molecule has 1 aliphatic rings. The first kappa shape index (κ1) is 11.5. The van der Waals surface area contributed by atoms with Crippen LogP contribution in [0.15, 0.2) is 4.52 Å². The van der Waals surface area contributed by atoms with Gasteiger partial charge < -0.3 is 15.2 Å². The monoisotopic (exact) mass is 224 g/mol. The Labute approximate surface area is 96.0 Å². The van der Waals surface area contributed by atoms with E-state index < -0.39 is 0 Å². The van der Waals surface area contributed by atoms with E-state index in [1.165, 1.54) is 25.7 Å². The average molecular weight is 224 g/mol. The van der Waals surface area contributed by atoms with Crippen LogP contribution in [0.4, 0.5) is 0 Å². The number of nitrogens with zero attached hydrogens (tertiary/aromatic N) is 3. The molecule has 1 saturated carbocycles. The van der Waals surface area contributed by atoms with Crippen molar-refractivity contribution in [2.45, 2.75) is 37.6 Å². The zero-order valence-corrected chi connectivity index (χ0v) is 10.0. The van der Waals surface area contributed by atoms with Gasteiger partial charge in [-0.2, -0.15) is 4.98 Å². The molecule has 5 nitrogen and oxygen atoms in total. The smallest absolute Gasteiger partial charge is 0.229 e. The predicted molar refractivity (Wildman–Crippen MR) is 61.0 cm³/mol. The molecular weight excluding hydrogens is 204 g/mol. The predicted octanol–water partition coefficient (Wildman–Crippen LogP) is 1.29. The van der Waals surface area contributed by atoms with E-state index >= 15 is 0 Å². The van der Waals surface area contributed by atoms with Gasteiger partial charge in [0.2, 0.25) is 5.89 Å². The van der Waals surface area contributed by atoms with Gasteiger partial charge in [0.05, 0.1) is 6.04 Å². The molecule has 1 aromatic rings. The van der Waals surface area contributed by atoms with Crippen LogP contribution in [-0.2, 0) is 0 Å². The van der Waals surface area contributed by atoms with Crippen LogP contribution >= 0.6 is 0 Å². The summed E-state index contributed by atoms with van der Waals surface area (Å²) in [6, 6.07) is -0.158. The number of likely N-dealkylation sites (N-methyl/N-ethyl adjacent to an activating group) is 1. The topological polar surface area (TPSA) is 68.2 Å². The molecule has 0 bridgehead atoms. The molecule has 2 rings (SSSR count). The maximum Gasteiger partial charge on any atom is 0.229 e. The van der Waals surface area contributed by atoms with Gasteiger partial charge in [0.1, 0.15) is 0 Å². The second-order valence-electron chi connectivity index (χ2n) is 4.84. The van der Waals surface area contributed by atoms with E-state index in [9.17, 15) is 0 Å². The second-order valence-corrected chi connectivity index (χ2v) is 4.84. The van der Waals surface area contributed by atoms with E-state index in [1.54, 1.807) is 0 Å². The zero-order chi connectivity index (χ0) is 11.5. The number of nitrogens with two attached hydrogens (primary N) is 1. The molecule has 1 heterocycles. The third-order valence-corrected chi connectivity index (χ3v) is 3.06. The summed E-state index contributed by atoms with van der Waals surface area (Å²) in [4.78, 5) is 6.44. The van der Waals surface area contributed by atoms with Crippen LogP contribution in [0.2, 0.25) is 0 Å². The summed E-state index contributed by atoms with van der Waals surface area (Å²) in [5.74, 6) is 1.88. The Hall–Kier alpha value is -0.940. The summed E-state index contributed by atoms with van der Waals surface area (Å²) in [7, 11) is 3.97. The first-order chi connectivity index (χ1) is 7.66. The molecule has 1 atom stereocenters. The summed E-state index contributed by atoms with van der Waals surface area (Å²) in [6.45, 7) is 0.740. The van der Waals surface area contributed by atoms with Crippen molar-refractivity contribution in [2.75, 3.05) is 20.6 Å². The van der Waals surface area contributed by atoms with E-state index in [0.29, 0.717) is 11.7 Å². The van der Waals surface area contributed by atoms with Gasteiger partial charge in [-0.3, -0.25) is 0 Å². The normalized spacial score (nSPS) is 19.5. The number of hydrogen-bond acceptors (Lipinski definition) is 5. The van der Waals surface area contributed by atoms with Crippen molar-refractivity contribution in [1.82, 2.24) is 15.0 Å². The lowest BCUT2D eigenvalue weighted by Gasteiger charge is -2.12. The molecule has 0 saturated heterocycles. The highest BCUT2D eigenvalue weighted by Crippen LogP contribution is 2.33. The van der Waals surface area contributed by atoms with E-state index in [4.69, 9.17) is 10.3 Å². The SMILES string of the molecule is CN(C)CC(N)c1noc(C2CCCC2)n1. The van der Waals surface area contributed by atoms with Crippen molar-refractivity contribution in [3.63, 3.8) is 0 Å². The molecule has 1 aromatic heterocycles. The Morgan fingerprint density at radius 3 is 2.75 bits per heavy atom. The molecular formula is C11H20N4O. The van der Waals surface area contributed by atoms with Crippen molar-refractivity contribution in [1.29, 1.82) is 0 Å². The molecule has 1 aliphatic carbocycles. The Bertz CT molecular complexity index is 330. The number of rotatable bonds is 4. The zero-order valence-electron chi connectivity index (χ0n) is 10.0. The molecule has 0 aliphatic heterocycles. The molecule has 0 spiro atoms. The van der Waals surface area contributed by atoms with Gasteiger partial charge in [-0.1, -0.05) is 18.0 Å². The van der Waals surface area contributed by atoms with Crippen LogP contribution in [0.25, 0.3) is 0 Å². The summed E-state index contributed by atoms with van der Waals surface area (Å²) in [6.07, 6.45) is 4.88. The van der Waals surface area contributed by atoms with E-state index in [-0.39, 0.29) is 6.04 Å². The van der Waals surface area contributed by atoms with Gasteiger partial charge in [-0.15, -0.1) is 0 Å². The van der Waals surface area contributed by atoms with Crippen molar-refractivity contribution in [3.05, 3.63) is 11.7 Å². The first-order valence-electron chi connectivity index (χ1n) is 5.90. The van der Waals surface area contributed by atoms with Gasteiger partial charge in [0, 0.05) is 12.5 Å². The molecule has 90 valence electrons. The standard InChI is InChI=1S/C11H20N4O/c1-15(2)7-9(12)10-13-11(16-14-10)8-5-3-4-6-8/h8-9H,3-7,12H2,1-2H3. The van der Waals surface area contributed by atoms with Gasteiger partial charge in [-0.05, 0) is 26.9 Å². The van der Waals surface area contributed by atoms with Crippen molar-refractivity contribution < 1.29 is 4.52 Å². The molecule has 1 fully saturated rings. The lowest BCUT2D eigenvalue weighted by Crippen LogP contribution is -2.26. The summed E-state index contributed by atoms with van der Waals surface area (Å²) < 4.78 is 5.29. The van der Waals surface area contributed by atoms with Crippen LogP contribution in [0.1, 0.15) is 49.4 Å². The van der Waals surface area contributed by atoms with Crippen LogP contribution in [-0.4, -0.2) is 35.7 Å². The maximum absolute atomic E-state index is 5.98. The highest BCUT2D eigenvalue weighted by molar-refractivity contribution is 4.99. The molecule has 1 unspecified atom stereocenters. The van der Waals surface area contributed by atoms with Crippen LogP contribution < -0.4 is 5.73 Å². The molecule has 0 amide bonds. The number of aromatic nitrogens is 2. The highest BCUT2D eigenvalue weighted by atomic mass is 16.5. The third-order valence-electron chi connectivity index (χ3n) is 3.06. The lowest BCUT2D eigenvalue weighted by molar-refractivity contribution is 0.335. The summed E-state index contributed by atoms with van der Waals surface area (Å²) >= 11 is 0. The highest BCUT2D eigenvalue weighted by Gasteiger charge is 2.24. The Morgan fingerprint density at radius 2 is 2.12 bits per heavy atom. The van der Waals surface area contributed by atoms with Crippen molar-refractivity contribution in [3.8, 4) is 0 Å². The third kappa shape index (κ3) is 2.59. The fraction of sp³-hybridized carbons (Fsp3) is 0.818. The minimum absolute atomic E-state index is 0.158. The molecule has 2 N–H and O–H groups in total. The fourth-order valence-corrected chi connectivity index (χ4v) is 2.21. The number of hydrogen-bond donors (Lipinski definition) is 1. The Kier molecular flexibility index (Phi) is 3.56. The summed E-state index contributed by atoms with van der Waals surface area (Å²) in [5.41, 5.74) is 5.98. The van der Waals surface area contributed by atoms with E-state index in [0.717, 1.165) is 12.4 Å². The van der Waals surface area contributed by atoms with Crippen molar-refractivity contribution >= 4 is 0 Å². The lowest BCUT2D eigenvalue weighted by atomic mass is 10.1. The quantitative estimate of drug-likeness (QED) is 0.834. The van der Waals surface area contributed by atoms with Crippen LogP contribution in [0.5, 0.6) is 0 Å². The van der Waals surface area contributed by atoms with Crippen LogP contribution in [0.3, 0.4) is 0 Å². The summed E-state index contributed by atoms with van der Waals surface area (Å²) in [5, 5.41) is 3.98. The van der Waals surface area contributed by atoms with Gasteiger partial charge >= 0.3 is 0 Å². The first-order valence-corrected chi connectivity index (χ1v) is 5.90. The van der Waals surface area contributed by atoms with Gasteiger partial charge in [0.25, 0.3) is 0 Å². The van der Waals surface area contributed by atoms with E-state index in [1.807, 2.05) is 19.0 Å². The largest absolute Gasteiger partial charge is 0.339 e. The molecule has 5 heteroatoms. The minimum atomic E-state index is -0.158. The second kappa shape index (κ2) is 4.93. The average Bonchev–Trinajstić information content (AvgIpc) is 2.87. The maximum atomic E-state index is 5.98. The van der Waals surface area contributed by atoms with Gasteiger partial charge in [-0.25, -0.2) is 0 Å². The molecule has 16 heavy (non-hydrogen) atoms. The fourth-order valence-electron chi connectivity index (χ4n) is 2.21.